The number of nitriles is 1. The topological polar surface area (TPSA) is 68.4 Å². The van der Waals surface area contributed by atoms with Gasteiger partial charge in [0.25, 0.3) is 5.56 Å². The van der Waals surface area contributed by atoms with Gasteiger partial charge in [0.15, 0.2) is 0 Å². The fourth-order valence-corrected chi connectivity index (χ4v) is 5.68. The summed E-state index contributed by atoms with van der Waals surface area (Å²) in [5.41, 5.74) is 3.01. The lowest BCUT2D eigenvalue weighted by Crippen LogP contribution is -2.47. The van der Waals surface area contributed by atoms with E-state index in [1.807, 2.05) is 24.3 Å². The molecule has 3 aromatic rings. The molecule has 0 saturated carbocycles. The molecule has 154 valence electrons. The molecule has 0 bridgehead atoms. The highest BCUT2D eigenvalue weighted by Gasteiger charge is 2.24. The van der Waals surface area contributed by atoms with Crippen LogP contribution in [0.1, 0.15) is 16.0 Å². The molecule has 0 radical (unpaired) electrons. The molecule has 0 amide bonds. The SMILES string of the molecule is CN1Cc2sc3ncn(CCN4CCN(c5ccccc5C#N)CC4)c(=O)c3c2C1. The molecule has 0 aliphatic carbocycles. The Balaban J connectivity index is 1.25. The number of rotatable bonds is 4. The van der Waals surface area contributed by atoms with Crippen molar-refractivity contribution in [2.24, 2.45) is 0 Å². The van der Waals surface area contributed by atoms with Crippen molar-refractivity contribution in [2.75, 3.05) is 44.7 Å². The number of thiophene rings is 1. The predicted octanol–water partition coefficient (Wildman–Crippen LogP) is 2.10. The van der Waals surface area contributed by atoms with E-state index in [2.05, 4.69) is 32.8 Å². The van der Waals surface area contributed by atoms with Gasteiger partial charge in [-0.15, -0.1) is 11.3 Å². The highest BCUT2D eigenvalue weighted by Crippen LogP contribution is 2.33. The molecule has 7 nitrogen and oxygen atoms in total. The fourth-order valence-electron chi connectivity index (χ4n) is 4.46. The van der Waals surface area contributed by atoms with Gasteiger partial charge in [0.1, 0.15) is 10.9 Å². The molecule has 0 spiro atoms. The highest BCUT2D eigenvalue weighted by molar-refractivity contribution is 7.18. The Morgan fingerprint density at radius 1 is 1.13 bits per heavy atom. The van der Waals surface area contributed by atoms with Crippen LogP contribution in [0.25, 0.3) is 10.2 Å². The van der Waals surface area contributed by atoms with Crippen molar-refractivity contribution in [3.05, 3.63) is 57.0 Å². The summed E-state index contributed by atoms with van der Waals surface area (Å²) >= 11 is 1.66. The van der Waals surface area contributed by atoms with Crippen molar-refractivity contribution in [3.8, 4) is 6.07 Å². The Labute approximate surface area is 179 Å². The van der Waals surface area contributed by atoms with E-state index in [0.717, 1.165) is 67.3 Å². The number of para-hydroxylation sites is 1. The first kappa shape index (κ1) is 19.2. The van der Waals surface area contributed by atoms with Gasteiger partial charge in [-0.05, 0) is 24.7 Å². The van der Waals surface area contributed by atoms with Crippen molar-refractivity contribution < 1.29 is 0 Å². The molecule has 0 unspecified atom stereocenters. The van der Waals surface area contributed by atoms with Crippen LogP contribution in [0.15, 0.2) is 35.4 Å². The lowest BCUT2D eigenvalue weighted by Gasteiger charge is -2.36. The van der Waals surface area contributed by atoms with E-state index in [9.17, 15) is 10.1 Å². The number of nitrogens with zero attached hydrogens (tertiary/aromatic N) is 6. The van der Waals surface area contributed by atoms with Crippen LogP contribution in [-0.4, -0.2) is 59.1 Å². The highest BCUT2D eigenvalue weighted by atomic mass is 32.1. The minimum Gasteiger partial charge on any atom is -0.368 e. The van der Waals surface area contributed by atoms with Crippen molar-refractivity contribution >= 4 is 27.2 Å². The van der Waals surface area contributed by atoms with Crippen LogP contribution in [0.2, 0.25) is 0 Å². The Kier molecular flexibility index (Phi) is 5.03. The minimum atomic E-state index is 0.0920. The van der Waals surface area contributed by atoms with Crippen LogP contribution in [0, 0.1) is 11.3 Å². The molecular weight excluding hydrogens is 396 g/mol. The molecule has 8 heteroatoms. The summed E-state index contributed by atoms with van der Waals surface area (Å²) in [7, 11) is 2.09. The zero-order valence-electron chi connectivity index (χ0n) is 17.0. The molecule has 4 heterocycles. The van der Waals surface area contributed by atoms with Gasteiger partial charge in [0.2, 0.25) is 0 Å². The summed E-state index contributed by atoms with van der Waals surface area (Å²) in [5.74, 6) is 0. The Morgan fingerprint density at radius 2 is 1.93 bits per heavy atom. The third kappa shape index (κ3) is 3.39. The van der Waals surface area contributed by atoms with E-state index in [1.165, 1.54) is 10.4 Å². The molecule has 30 heavy (non-hydrogen) atoms. The van der Waals surface area contributed by atoms with E-state index in [4.69, 9.17) is 0 Å². The first-order chi connectivity index (χ1) is 14.6. The van der Waals surface area contributed by atoms with E-state index in [0.29, 0.717) is 6.54 Å². The normalized spacial score (nSPS) is 17.4. The van der Waals surface area contributed by atoms with Crippen LogP contribution in [0.4, 0.5) is 5.69 Å². The number of benzene rings is 1. The second-order valence-electron chi connectivity index (χ2n) is 8.06. The Hall–Kier alpha value is -2.73. The lowest BCUT2D eigenvalue weighted by atomic mass is 10.1. The number of hydrogen-bond donors (Lipinski definition) is 0. The molecule has 0 N–H and O–H groups in total. The minimum absolute atomic E-state index is 0.0920. The van der Waals surface area contributed by atoms with Crippen molar-refractivity contribution in [2.45, 2.75) is 19.6 Å². The maximum atomic E-state index is 13.1. The first-order valence-corrected chi connectivity index (χ1v) is 11.1. The molecule has 1 fully saturated rings. The van der Waals surface area contributed by atoms with Gasteiger partial charge in [-0.1, -0.05) is 12.1 Å². The van der Waals surface area contributed by atoms with Gasteiger partial charge < -0.3 is 4.90 Å². The average Bonchev–Trinajstić information content (AvgIpc) is 3.29. The van der Waals surface area contributed by atoms with Crippen LogP contribution < -0.4 is 10.5 Å². The van der Waals surface area contributed by atoms with E-state index in [1.54, 1.807) is 22.2 Å². The van der Waals surface area contributed by atoms with E-state index >= 15 is 0 Å². The van der Waals surface area contributed by atoms with Gasteiger partial charge >= 0.3 is 0 Å². The molecular formula is C22H24N6OS. The number of hydrogen-bond acceptors (Lipinski definition) is 7. The van der Waals surface area contributed by atoms with Gasteiger partial charge in [-0.25, -0.2) is 4.98 Å². The monoisotopic (exact) mass is 420 g/mol. The fraction of sp³-hybridized carbons (Fsp3) is 0.409. The van der Waals surface area contributed by atoms with Crippen LogP contribution in [-0.2, 0) is 19.6 Å². The summed E-state index contributed by atoms with van der Waals surface area (Å²) in [6.45, 7) is 6.83. The van der Waals surface area contributed by atoms with Gasteiger partial charge in [0, 0.05) is 57.2 Å². The average molecular weight is 421 g/mol. The Bertz CT molecular complexity index is 1180. The summed E-state index contributed by atoms with van der Waals surface area (Å²) in [5, 5.41) is 10.2. The van der Waals surface area contributed by atoms with Crippen molar-refractivity contribution in [1.82, 2.24) is 19.4 Å². The van der Waals surface area contributed by atoms with Crippen LogP contribution >= 0.6 is 11.3 Å². The third-order valence-electron chi connectivity index (χ3n) is 6.10. The van der Waals surface area contributed by atoms with Gasteiger partial charge in [-0.2, -0.15) is 5.26 Å². The Morgan fingerprint density at radius 3 is 2.73 bits per heavy atom. The van der Waals surface area contributed by atoms with Crippen LogP contribution in [0.3, 0.4) is 0 Å². The number of fused-ring (bicyclic) bond motifs is 3. The molecule has 1 saturated heterocycles. The number of aromatic nitrogens is 2. The van der Waals surface area contributed by atoms with Crippen LogP contribution in [0.5, 0.6) is 0 Å². The molecule has 5 rings (SSSR count). The number of anilines is 1. The second kappa shape index (κ2) is 7.84. The lowest BCUT2D eigenvalue weighted by molar-refractivity contribution is 0.247. The second-order valence-corrected chi connectivity index (χ2v) is 9.14. The number of piperazine rings is 1. The predicted molar refractivity (Wildman–Crippen MR) is 119 cm³/mol. The molecule has 1 aromatic carbocycles. The molecule has 2 aromatic heterocycles. The maximum Gasteiger partial charge on any atom is 0.262 e. The van der Waals surface area contributed by atoms with E-state index < -0.39 is 0 Å². The quantitative estimate of drug-likeness (QED) is 0.644. The summed E-state index contributed by atoms with van der Waals surface area (Å²) in [6.07, 6.45) is 1.71. The smallest absolute Gasteiger partial charge is 0.262 e. The molecule has 2 aliphatic heterocycles. The first-order valence-electron chi connectivity index (χ1n) is 10.3. The third-order valence-corrected chi connectivity index (χ3v) is 7.22. The maximum absolute atomic E-state index is 13.1. The van der Waals surface area contributed by atoms with Gasteiger partial charge in [0.05, 0.1) is 23.0 Å². The van der Waals surface area contributed by atoms with Crippen molar-refractivity contribution in [3.63, 3.8) is 0 Å². The standard InChI is InChI=1S/C22H24N6OS/c1-25-13-17-19(14-25)30-21-20(17)22(29)28(15-24-21)11-8-26-6-9-27(10-7-26)18-5-3-2-4-16(18)12-23/h2-5,15H,6-11,13-14H2,1H3. The summed E-state index contributed by atoms with van der Waals surface area (Å²) in [6, 6.07) is 10.1. The summed E-state index contributed by atoms with van der Waals surface area (Å²) < 4.78 is 1.77. The largest absolute Gasteiger partial charge is 0.368 e. The summed E-state index contributed by atoms with van der Waals surface area (Å²) in [4.78, 5) is 26.7. The molecule has 0 atom stereocenters. The molecule has 2 aliphatic rings. The van der Waals surface area contributed by atoms with Crippen molar-refractivity contribution in [1.29, 1.82) is 5.26 Å². The van der Waals surface area contributed by atoms with Gasteiger partial charge in [-0.3, -0.25) is 19.2 Å². The van der Waals surface area contributed by atoms with E-state index in [-0.39, 0.29) is 5.56 Å². The zero-order valence-corrected chi connectivity index (χ0v) is 17.9. The zero-order chi connectivity index (χ0) is 20.7.